The second-order valence-corrected chi connectivity index (χ2v) is 4.86. The van der Waals surface area contributed by atoms with Crippen LogP contribution in [-0.2, 0) is 19.6 Å². The van der Waals surface area contributed by atoms with Crippen LogP contribution in [0.3, 0.4) is 0 Å². The minimum Gasteiger partial charge on any atom is -0.320 e. The molecular weight excluding hydrogens is 250 g/mol. The van der Waals surface area contributed by atoms with Crippen LogP contribution in [0.2, 0.25) is 0 Å². The highest BCUT2D eigenvalue weighted by molar-refractivity contribution is 5.37. The Morgan fingerprint density at radius 2 is 2.25 bits per heavy atom. The van der Waals surface area contributed by atoms with Gasteiger partial charge in [-0.15, -0.1) is 10.2 Å². The third-order valence-electron chi connectivity index (χ3n) is 3.39. The first-order valence-electron chi connectivity index (χ1n) is 6.72. The van der Waals surface area contributed by atoms with Crippen LogP contribution in [0.5, 0.6) is 0 Å². The molecule has 0 amide bonds. The molecule has 2 aromatic rings. The Labute approximate surface area is 118 Å². The van der Waals surface area contributed by atoms with Crippen LogP contribution in [0, 0.1) is 11.8 Å². The van der Waals surface area contributed by atoms with Gasteiger partial charge in [-0.3, -0.25) is 4.90 Å². The number of nitrogens with two attached hydrogens (primary N) is 1. The minimum atomic E-state index is 0.395. The molecular formula is C15H17N5. The van der Waals surface area contributed by atoms with Crippen LogP contribution in [-0.4, -0.2) is 32.8 Å². The molecule has 1 aromatic carbocycles. The van der Waals surface area contributed by atoms with Crippen molar-refractivity contribution in [3.63, 3.8) is 0 Å². The molecule has 2 N–H and O–H groups in total. The zero-order chi connectivity index (χ0) is 13.8. The van der Waals surface area contributed by atoms with Gasteiger partial charge >= 0.3 is 0 Å². The summed E-state index contributed by atoms with van der Waals surface area (Å²) in [4.78, 5) is 2.37. The van der Waals surface area contributed by atoms with E-state index in [-0.39, 0.29) is 0 Å². The van der Waals surface area contributed by atoms with Gasteiger partial charge in [-0.2, -0.15) is 0 Å². The molecule has 5 nitrogen and oxygen atoms in total. The van der Waals surface area contributed by atoms with Crippen LogP contribution in [0.15, 0.2) is 30.6 Å². The zero-order valence-corrected chi connectivity index (χ0v) is 11.3. The Morgan fingerprint density at radius 1 is 1.30 bits per heavy atom. The molecule has 102 valence electrons. The standard InChI is InChI=1S/C15H17N5/c16-6-2-5-13-3-1-4-14(9-13)10-19-7-8-20-12-17-18-15(20)11-19/h1,3-4,9,12H,6-8,10-11,16H2. The summed E-state index contributed by atoms with van der Waals surface area (Å²) in [5.41, 5.74) is 7.69. The maximum atomic E-state index is 5.40. The Hall–Kier alpha value is -2.16. The normalized spacial score (nSPS) is 14.4. The van der Waals surface area contributed by atoms with E-state index in [9.17, 15) is 0 Å². The summed E-state index contributed by atoms with van der Waals surface area (Å²) < 4.78 is 2.11. The van der Waals surface area contributed by atoms with E-state index in [1.807, 2.05) is 12.1 Å². The third-order valence-corrected chi connectivity index (χ3v) is 3.39. The quantitative estimate of drug-likeness (QED) is 0.810. The summed E-state index contributed by atoms with van der Waals surface area (Å²) in [5, 5.41) is 8.09. The highest BCUT2D eigenvalue weighted by Crippen LogP contribution is 2.14. The fraction of sp³-hybridized carbons (Fsp3) is 0.333. The van der Waals surface area contributed by atoms with Crippen LogP contribution < -0.4 is 5.73 Å². The van der Waals surface area contributed by atoms with E-state index in [0.29, 0.717) is 6.54 Å². The molecule has 1 aliphatic heterocycles. The second kappa shape index (κ2) is 5.87. The lowest BCUT2D eigenvalue weighted by molar-refractivity contribution is 0.209. The number of rotatable bonds is 2. The first kappa shape index (κ1) is 12.9. The maximum Gasteiger partial charge on any atom is 0.147 e. The van der Waals surface area contributed by atoms with Gasteiger partial charge in [0.25, 0.3) is 0 Å². The molecule has 3 rings (SSSR count). The van der Waals surface area contributed by atoms with Crippen molar-refractivity contribution in [2.24, 2.45) is 5.73 Å². The van der Waals surface area contributed by atoms with Gasteiger partial charge < -0.3 is 10.3 Å². The molecule has 0 radical (unpaired) electrons. The third kappa shape index (κ3) is 2.87. The summed E-state index contributed by atoms with van der Waals surface area (Å²) in [5.74, 6) is 7.00. The SMILES string of the molecule is NCC#Cc1cccc(CN2CCn3cnnc3C2)c1. The highest BCUT2D eigenvalue weighted by Gasteiger charge is 2.17. The number of nitrogens with zero attached hydrogens (tertiary/aromatic N) is 4. The predicted octanol–water partition coefficient (Wildman–Crippen LogP) is 0.604. The lowest BCUT2D eigenvalue weighted by Crippen LogP contribution is -2.33. The second-order valence-electron chi connectivity index (χ2n) is 4.86. The van der Waals surface area contributed by atoms with E-state index in [2.05, 4.69) is 43.6 Å². The molecule has 1 aromatic heterocycles. The van der Waals surface area contributed by atoms with Crippen molar-refractivity contribution in [1.29, 1.82) is 0 Å². The maximum absolute atomic E-state index is 5.40. The van der Waals surface area contributed by atoms with Crippen molar-refractivity contribution in [3.05, 3.63) is 47.5 Å². The number of hydrogen-bond acceptors (Lipinski definition) is 4. The number of fused-ring (bicyclic) bond motifs is 1. The Balaban J connectivity index is 1.69. The molecule has 0 unspecified atom stereocenters. The Bertz CT molecular complexity index is 650. The fourth-order valence-electron chi connectivity index (χ4n) is 2.41. The molecule has 0 atom stereocenters. The van der Waals surface area contributed by atoms with E-state index < -0.39 is 0 Å². The smallest absolute Gasteiger partial charge is 0.147 e. The molecule has 20 heavy (non-hydrogen) atoms. The largest absolute Gasteiger partial charge is 0.320 e. The van der Waals surface area contributed by atoms with Crippen molar-refractivity contribution >= 4 is 0 Å². The van der Waals surface area contributed by atoms with E-state index >= 15 is 0 Å². The highest BCUT2D eigenvalue weighted by atomic mass is 15.3. The molecule has 5 heteroatoms. The minimum absolute atomic E-state index is 0.395. The average Bonchev–Trinajstić information content (AvgIpc) is 2.93. The van der Waals surface area contributed by atoms with Crippen LogP contribution in [0.25, 0.3) is 0 Å². The van der Waals surface area contributed by atoms with E-state index in [0.717, 1.165) is 37.6 Å². The predicted molar refractivity (Wildman–Crippen MR) is 76.5 cm³/mol. The van der Waals surface area contributed by atoms with E-state index in [4.69, 9.17) is 5.73 Å². The molecule has 0 bridgehead atoms. The lowest BCUT2D eigenvalue weighted by Gasteiger charge is -2.26. The van der Waals surface area contributed by atoms with Crippen molar-refractivity contribution in [2.75, 3.05) is 13.1 Å². The summed E-state index contributed by atoms with van der Waals surface area (Å²) in [6.45, 7) is 4.12. The monoisotopic (exact) mass is 267 g/mol. The summed E-state index contributed by atoms with van der Waals surface area (Å²) in [6, 6.07) is 8.32. The molecule has 0 saturated carbocycles. The number of benzene rings is 1. The topological polar surface area (TPSA) is 60.0 Å². The van der Waals surface area contributed by atoms with Crippen molar-refractivity contribution in [1.82, 2.24) is 19.7 Å². The molecule has 0 spiro atoms. The molecule has 1 aliphatic rings. The van der Waals surface area contributed by atoms with Gasteiger partial charge in [0.1, 0.15) is 12.2 Å². The summed E-state index contributed by atoms with van der Waals surface area (Å²) in [6.07, 6.45) is 1.80. The first-order chi connectivity index (χ1) is 9.85. The van der Waals surface area contributed by atoms with E-state index in [1.165, 1.54) is 5.56 Å². The number of hydrogen-bond donors (Lipinski definition) is 1. The van der Waals surface area contributed by atoms with E-state index in [1.54, 1.807) is 6.33 Å². The van der Waals surface area contributed by atoms with Gasteiger partial charge in [-0.25, -0.2) is 0 Å². The summed E-state index contributed by atoms with van der Waals surface area (Å²) in [7, 11) is 0. The van der Waals surface area contributed by atoms with Gasteiger partial charge in [0.2, 0.25) is 0 Å². The van der Waals surface area contributed by atoms with Crippen molar-refractivity contribution in [2.45, 2.75) is 19.6 Å². The van der Waals surface area contributed by atoms with Crippen molar-refractivity contribution < 1.29 is 0 Å². The molecule has 0 aliphatic carbocycles. The first-order valence-corrected chi connectivity index (χ1v) is 6.72. The molecule has 0 saturated heterocycles. The van der Waals surface area contributed by atoms with Crippen LogP contribution >= 0.6 is 0 Å². The Kier molecular flexibility index (Phi) is 3.77. The van der Waals surface area contributed by atoms with Gasteiger partial charge in [0.05, 0.1) is 13.1 Å². The van der Waals surface area contributed by atoms with Gasteiger partial charge in [0, 0.05) is 25.2 Å². The van der Waals surface area contributed by atoms with Crippen LogP contribution in [0.1, 0.15) is 17.0 Å². The summed E-state index contributed by atoms with van der Waals surface area (Å²) >= 11 is 0. The fourth-order valence-corrected chi connectivity index (χ4v) is 2.41. The number of aromatic nitrogens is 3. The zero-order valence-electron chi connectivity index (χ0n) is 11.3. The Morgan fingerprint density at radius 3 is 3.15 bits per heavy atom. The lowest BCUT2D eigenvalue weighted by atomic mass is 10.1. The molecule has 2 heterocycles. The average molecular weight is 267 g/mol. The molecule has 0 fully saturated rings. The van der Waals surface area contributed by atoms with Gasteiger partial charge in [0.15, 0.2) is 0 Å². The van der Waals surface area contributed by atoms with Gasteiger partial charge in [-0.05, 0) is 17.7 Å². The van der Waals surface area contributed by atoms with Gasteiger partial charge in [-0.1, -0.05) is 24.0 Å². The van der Waals surface area contributed by atoms with Crippen LogP contribution in [0.4, 0.5) is 0 Å². The van der Waals surface area contributed by atoms with Crippen molar-refractivity contribution in [3.8, 4) is 11.8 Å².